The number of aryl methyl sites for hydroxylation is 1. The number of aromatic nitrogens is 4. The maximum atomic E-state index is 13.5. The van der Waals surface area contributed by atoms with E-state index in [0.29, 0.717) is 5.69 Å². The van der Waals surface area contributed by atoms with Gasteiger partial charge in [0.25, 0.3) is 5.56 Å². The molecule has 0 aliphatic rings. The molecule has 0 aliphatic heterocycles. The molecule has 3 aromatic heterocycles. The second-order valence-electron chi connectivity index (χ2n) is 4.39. The second-order valence-corrected chi connectivity index (χ2v) is 4.75. The minimum Gasteiger partial charge on any atom is -0.273 e. The van der Waals surface area contributed by atoms with Gasteiger partial charge in [-0.05, 0) is 24.6 Å². The Hall–Kier alpha value is -2.54. The van der Waals surface area contributed by atoms with Crippen LogP contribution in [0, 0.1) is 12.7 Å². The minimum absolute atomic E-state index is 0.0220. The molecule has 0 spiro atoms. The lowest BCUT2D eigenvalue weighted by Gasteiger charge is -2.10. The minimum atomic E-state index is -0.831. The smallest absolute Gasteiger partial charge is 0.273 e. The van der Waals surface area contributed by atoms with Gasteiger partial charge >= 0.3 is 5.69 Å². The maximum absolute atomic E-state index is 13.5. The number of rotatable bonds is 1. The molecule has 106 valence electrons. The van der Waals surface area contributed by atoms with E-state index < -0.39 is 22.2 Å². The third-order valence-electron chi connectivity index (χ3n) is 3.05. The van der Waals surface area contributed by atoms with E-state index in [0.717, 1.165) is 16.2 Å². The van der Waals surface area contributed by atoms with Crippen molar-refractivity contribution in [2.45, 2.75) is 6.92 Å². The zero-order valence-corrected chi connectivity index (χ0v) is 11.5. The molecule has 0 fully saturated rings. The largest absolute Gasteiger partial charge is 0.334 e. The number of hydrogen-bond donors (Lipinski definition) is 1. The summed E-state index contributed by atoms with van der Waals surface area (Å²) in [5.41, 5.74) is -0.275. The predicted molar refractivity (Wildman–Crippen MR) is 75.5 cm³/mol. The van der Waals surface area contributed by atoms with Gasteiger partial charge in [0.15, 0.2) is 16.6 Å². The van der Waals surface area contributed by atoms with Gasteiger partial charge < -0.3 is 0 Å². The van der Waals surface area contributed by atoms with Crippen LogP contribution in [0.25, 0.3) is 16.7 Å². The molecule has 1 N–H and O–H groups in total. The summed E-state index contributed by atoms with van der Waals surface area (Å²) in [4.78, 5) is 33.8. The first-order valence-electron chi connectivity index (χ1n) is 5.91. The van der Waals surface area contributed by atoms with Gasteiger partial charge in [-0.1, -0.05) is 11.6 Å². The topological polar surface area (TPSA) is 80.6 Å². The third-order valence-corrected chi connectivity index (χ3v) is 3.31. The van der Waals surface area contributed by atoms with E-state index in [2.05, 4.69) is 15.0 Å². The zero-order chi connectivity index (χ0) is 15.1. The van der Waals surface area contributed by atoms with Gasteiger partial charge in [-0.2, -0.15) is 0 Å². The van der Waals surface area contributed by atoms with Gasteiger partial charge in [0, 0.05) is 6.20 Å². The molecule has 0 saturated carbocycles. The van der Waals surface area contributed by atoms with Crippen molar-refractivity contribution in [3.05, 3.63) is 61.9 Å². The summed E-state index contributed by atoms with van der Waals surface area (Å²) in [6, 6.07) is 2.65. The average molecular weight is 307 g/mol. The first-order chi connectivity index (χ1) is 9.99. The summed E-state index contributed by atoms with van der Waals surface area (Å²) in [5, 5.41) is -0.484. The Balaban J connectivity index is 2.54. The molecule has 8 heteroatoms. The molecule has 0 atom stereocenters. The van der Waals surface area contributed by atoms with E-state index >= 15 is 0 Å². The lowest BCUT2D eigenvalue weighted by atomic mass is 10.2. The van der Waals surface area contributed by atoms with Gasteiger partial charge in [-0.15, -0.1) is 0 Å². The number of pyridine rings is 2. The van der Waals surface area contributed by atoms with Gasteiger partial charge in [0.05, 0.1) is 17.3 Å². The van der Waals surface area contributed by atoms with E-state index in [9.17, 15) is 14.0 Å². The van der Waals surface area contributed by atoms with Crippen LogP contribution >= 0.6 is 11.6 Å². The lowest BCUT2D eigenvalue weighted by molar-refractivity contribution is 0.623. The highest BCUT2D eigenvalue weighted by atomic mass is 35.5. The van der Waals surface area contributed by atoms with Crippen LogP contribution < -0.4 is 11.2 Å². The summed E-state index contributed by atoms with van der Waals surface area (Å²) in [6.45, 7) is 1.77. The number of fused-ring (bicyclic) bond motifs is 1. The van der Waals surface area contributed by atoms with E-state index in [1.54, 1.807) is 19.2 Å². The zero-order valence-electron chi connectivity index (χ0n) is 10.7. The summed E-state index contributed by atoms with van der Waals surface area (Å²) in [5.74, 6) is -0.831. The van der Waals surface area contributed by atoms with Gasteiger partial charge in [-0.25, -0.2) is 18.7 Å². The Morgan fingerprint density at radius 1 is 1.38 bits per heavy atom. The van der Waals surface area contributed by atoms with Crippen molar-refractivity contribution in [3.63, 3.8) is 0 Å². The number of nitrogens with zero attached hydrogens (tertiary/aromatic N) is 3. The molecule has 21 heavy (non-hydrogen) atoms. The fourth-order valence-electron chi connectivity index (χ4n) is 2.02. The number of aromatic amines is 1. The predicted octanol–water partition coefficient (Wildman–Crippen LogP) is 1.57. The monoisotopic (exact) mass is 306 g/mol. The number of hydrogen-bond acceptors (Lipinski definition) is 4. The van der Waals surface area contributed by atoms with Crippen molar-refractivity contribution in [3.8, 4) is 5.69 Å². The molecular formula is C13H8ClFN4O2. The van der Waals surface area contributed by atoms with Crippen molar-refractivity contribution in [1.82, 2.24) is 19.5 Å². The quantitative estimate of drug-likeness (QED) is 0.692. The summed E-state index contributed by atoms with van der Waals surface area (Å²) < 4.78 is 14.6. The van der Waals surface area contributed by atoms with E-state index in [1.165, 1.54) is 6.20 Å². The molecule has 0 saturated heterocycles. The molecule has 0 aromatic carbocycles. The van der Waals surface area contributed by atoms with Crippen LogP contribution in [0.2, 0.25) is 5.15 Å². The first kappa shape index (κ1) is 13.4. The third kappa shape index (κ3) is 2.11. The molecule has 3 rings (SSSR count). The van der Waals surface area contributed by atoms with Crippen molar-refractivity contribution < 1.29 is 4.39 Å². The molecule has 0 amide bonds. The second kappa shape index (κ2) is 4.78. The highest BCUT2D eigenvalue weighted by molar-refractivity contribution is 6.29. The van der Waals surface area contributed by atoms with Crippen LogP contribution in [0.15, 0.2) is 34.1 Å². The van der Waals surface area contributed by atoms with Gasteiger partial charge in [-0.3, -0.25) is 14.8 Å². The molecule has 0 bridgehead atoms. The van der Waals surface area contributed by atoms with Crippen LogP contribution in [0.4, 0.5) is 4.39 Å². The number of nitrogens with one attached hydrogen (secondary N) is 1. The Kier molecular flexibility index (Phi) is 3.06. The van der Waals surface area contributed by atoms with E-state index in [1.807, 2.05) is 0 Å². The highest BCUT2D eigenvalue weighted by Gasteiger charge is 2.15. The van der Waals surface area contributed by atoms with Crippen LogP contribution in [-0.4, -0.2) is 19.5 Å². The molecule has 0 aliphatic carbocycles. The molecular weight excluding hydrogens is 299 g/mol. The average Bonchev–Trinajstić information content (AvgIpc) is 2.43. The standard InChI is InChI=1S/C13H8ClFN4O2/c1-6-2-3-16-5-9(6)19-11-7(12(20)18-13(19)21)4-8(15)10(14)17-11/h2-5H,1H3,(H,18,20,21). The molecule has 0 unspecified atom stereocenters. The Morgan fingerprint density at radius 3 is 2.86 bits per heavy atom. The number of H-pyrrole nitrogens is 1. The maximum Gasteiger partial charge on any atom is 0.334 e. The van der Waals surface area contributed by atoms with E-state index in [-0.39, 0.29) is 11.0 Å². The van der Waals surface area contributed by atoms with Gasteiger partial charge in [0.1, 0.15) is 0 Å². The van der Waals surface area contributed by atoms with Crippen molar-refractivity contribution in [2.75, 3.05) is 0 Å². The molecule has 3 heterocycles. The first-order valence-corrected chi connectivity index (χ1v) is 6.29. The molecule has 6 nitrogen and oxygen atoms in total. The van der Waals surface area contributed by atoms with Crippen LogP contribution in [0.3, 0.4) is 0 Å². The Bertz CT molecular complexity index is 980. The van der Waals surface area contributed by atoms with Crippen LogP contribution in [0.1, 0.15) is 5.56 Å². The van der Waals surface area contributed by atoms with Crippen LogP contribution in [-0.2, 0) is 0 Å². The fraction of sp³-hybridized carbons (Fsp3) is 0.0769. The van der Waals surface area contributed by atoms with Crippen molar-refractivity contribution in [2.24, 2.45) is 0 Å². The summed E-state index contributed by atoms with van der Waals surface area (Å²) in [6.07, 6.45) is 3.02. The van der Waals surface area contributed by atoms with Crippen molar-refractivity contribution in [1.29, 1.82) is 0 Å². The number of halogens is 2. The SMILES string of the molecule is Cc1ccncc1-n1c(=O)[nH]c(=O)c2cc(F)c(Cl)nc21. The normalized spacial score (nSPS) is 11.0. The van der Waals surface area contributed by atoms with Gasteiger partial charge in [0.2, 0.25) is 0 Å². The summed E-state index contributed by atoms with van der Waals surface area (Å²) in [7, 11) is 0. The highest BCUT2D eigenvalue weighted by Crippen LogP contribution is 2.19. The Morgan fingerprint density at radius 2 is 2.14 bits per heavy atom. The lowest BCUT2D eigenvalue weighted by Crippen LogP contribution is -2.30. The van der Waals surface area contributed by atoms with Crippen molar-refractivity contribution >= 4 is 22.6 Å². The molecule has 3 aromatic rings. The Labute approximate surface area is 121 Å². The fourth-order valence-corrected chi connectivity index (χ4v) is 2.16. The van der Waals surface area contributed by atoms with E-state index in [4.69, 9.17) is 11.6 Å². The van der Waals surface area contributed by atoms with Crippen LogP contribution in [0.5, 0.6) is 0 Å². The molecule has 0 radical (unpaired) electrons. The summed E-state index contributed by atoms with van der Waals surface area (Å²) >= 11 is 5.66.